The van der Waals surface area contributed by atoms with Crippen molar-refractivity contribution in [2.75, 3.05) is 5.32 Å². The van der Waals surface area contributed by atoms with Gasteiger partial charge in [0, 0.05) is 31.0 Å². The summed E-state index contributed by atoms with van der Waals surface area (Å²) in [6, 6.07) is 7.28. The molecule has 0 saturated carbocycles. The van der Waals surface area contributed by atoms with E-state index < -0.39 is 16.6 Å². The van der Waals surface area contributed by atoms with Gasteiger partial charge in [0.25, 0.3) is 5.69 Å². The third-order valence-electron chi connectivity index (χ3n) is 4.02. The van der Waals surface area contributed by atoms with Crippen molar-refractivity contribution in [2.24, 2.45) is 0 Å². The van der Waals surface area contributed by atoms with Crippen LogP contribution in [-0.2, 0) is 11.2 Å². The van der Waals surface area contributed by atoms with E-state index in [-0.39, 0.29) is 41.7 Å². The standard InChI is InChI=1S/C19H15F2N3O4/c1-11-2-4-13(24(26)27)9-16(11)23-18(25)6-7-19-22-10-17(28-19)14-5-3-12(20)8-15(14)21/h2-5,8-10H,6-7H2,1H3,(H,23,25). The summed E-state index contributed by atoms with van der Waals surface area (Å²) in [4.78, 5) is 26.4. The quantitative estimate of drug-likeness (QED) is 0.499. The van der Waals surface area contributed by atoms with Crippen molar-refractivity contribution in [1.82, 2.24) is 4.98 Å². The number of oxazole rings is 1. The van der Waals surface area contributed by atoms with Gasteiger partial charge in [0.15, 0.2) is 11.7 Å². The lowest BCUT2D eigenvalue weighted by atomic mass is 10.1. The average molecular weight is 387 g/mol. The van der Waals surface area contributed by atoms with Crippen LogP contribution in [0.1, 0.15) is 17.9 Å². The highest BCUT2D eigenvalue weighted by Gasteiger charge is 2.14. The van der Waals surface area contributed by atoms with E-state index in [2.05, 4.69) is 10.3 Å². The van der Waals surface area contributed by atoms with E-state index in [1.165, 1.54) is 24.4 Å². The third-order valence-corrected chi connectivity index (χ3v) is 4.02. The van der Waals surface area contributed by atoms with Gasteiger partial charge in [-0.25, -0.2) is 13.8 Å². The number of amides is 1. The van der Waals surface area contributed by atoms with E-state index in [1.807, 2.05) is 0 Å². The number of non-ortho nitro benzene ring substituents is 1. The zero-order valence-electron chi connectivity index (χ0n) is 14.7. The Hall–Kier alpha value is -3.62. The van der Waals surface area contributed by atoms with Gasteiger partial charge in [-0.15, -0.1) is 0 Å². The van der Waals surface area contributed by atoms with Gasteiger partial charge in [-0.2, -0.15) is 0 Å². The number of nitrogens with zero attached hydrogens (tertiary/aromatic N) is 2. The Bertz CT molecular complexity index is 1050. The first-order valence-corrected chi connectivity index (χ1v) is 8.28. The molecule has 3 rings (SSSR count). The second-order valence-corrected chi connectivity index (χ2v) is 6.05. The number of aryl methyl sites for hydroxylation is 2. The maximum Gasteiger partial charge on any atom is 0.271 e. The topological polar surface area (TPSA) is 98.3 Å². The van der Waals surface area contributed by atoms with Crippen LogP contribution >= 0.6 is 0 Å². The summed E-state index contributed by atoms with van der Waals surface area (Å²) in [5.74, 6) is -1.51. The minimum Gasteiger partial charge on any atom is -0.441 e. The summed E-state index contributed by atoms with van der Waals surface area (Å²) in [6.07, 6.45) is 1.45. The molecule has 0 aliphatic heterocycles. The van der Waals surface area contributed by atoms with Crippen LogP contribution in [0.4, 0.5) is 20.2 Å². The molecule has 144 valence electrons. The Kier molecular flexibility index (Phi) is 5.44. The van der Waals surface area contributed by atoms with Crippen molar-refractivity contribution in [3.63, 3.8) is 0 Å². The monoisotopic (exact) mass is 387 g/mol. The normalized spacial score (nSPS) is 10.7. The Morgan fingerprint density at radius 1 is 1.25 bits per heavy atom. The third kappa shape index (κ3) is 4.37. The van der Waals surface area contributed by atoms with E-state index in [4.69, 9.17) is 4.42 Å². The summed E-state index contributed by atoms with van der Waals surface area (Å²) in [5, 5.41) is 13.5. The molecule has 9 heteroatoms. The van der Waals surface area contributed by atoms with Gasteiger partial charge in [-0.05, 0) is 24.6 Å². The smallest absolute Gasteiger partial charge is 0.271 e. The van der Waals surface area contributed by atoms with Crippen molar-refractivity contribution in [3.05, 3.63) is 75.8 Å². The second-order valence-electron chi connectivity index (χ2n) is 6.05. The van der Waals surface area contributed by atoms with E-state index in [0.29, 0.717) is 11.3 Å². The number of nitro groups is 1. The van der Waals surface area contributed by atoms with Gasteiger partial charge >= 0.3 is 0 Å². The number of hydrogen-bond donors (Lipinski definition) is 1. The Balaban J connectivity index is 1.63. The Morgan fingerprint density at radius 2 is 2.04 bits per heavy atom. The number of nitro benzene ring substituents is 1. The van der Waals surface area contributed by atoms with Gasteiger partial charge in [-0.3, -0.25) is 14.9 Å². The lowest BCUT2D eigenvalue weighted by molar-refractivity contribution is -0.384. The van der Waals surface area contributed by atoms with Crippen LogP contribution in [0.25, 0.3) is 11.3 Å². The zero-order chi connectivity index (χ0) is 20.3. The maximum atomic E-state index is 13.8. The molecular formula is C19H15F2N3O4. The first-order valence-electron chi connectivity index (χ1n) is 8.28. The molecule has 1 aromatic heterocycles. The molecule has 0 fully saturated rings. The molecule has 0 atom stereocenters. The molecule has 28 heavy (non-hydrogen) atoms. The lowest BCUT2D eigenvalue weighted by Crippen LogP contribution is -2.13. The zero-order valence-corrected chi connectivity index (χ0v) is 14.7. The van der Waals surface area contributed by atoms with Gasteiger partial charge in [0.2, 0.25) is 5.91 Å². The molecule has 0 radical (unpaired) electrons. The van der Waals surface area contributed by atoms with Crippen LogP contribution in [0, 0.1) is 28.7 Å². The number of carbonyl (C=O) groups is 1. The van der Waals surface area contributed by atoms with E-state index in [0.717, 1.165) is 12.1 Å². The molecular weight excluding hydrogens is 372 g/mol. The van der Waals surface area contributed by atoms with E-state index in [1.54, 1.807) is 13.0 Å². The summed E-state index contributed by atoms with van der Waals surface area (Å²) in [6.45, 7) is 1.72. The van der Waals surface area contributed by atoms with Gasteiger partial charge in [0.05, 0.1) is 22.4 Å². The predicted octanol–water partition coefficient (Wildman–Crippen LogP) is 4.41. The molecule has 0 aliphatic rings. The van der Waals surface area contributed by atoms with Gasteiger partial charge in [-0.1, -0.05) is 6.07 Å². The number of halogens is 2. The molecule has 1 amide bonds. The fourth-order valence-electron chi connectivity index (χ4n) is 2.53. The summed E-state index contributed by atoms with van der Waals surface area (Å²) >= 11 is 0. The maximum absolute atomic E-state index is 13.8. The van der Waals surface area contributed by atoms with E-state index in [9.17, 15) is 23.7 Å². The molecule has 2 aromatic carbocycles. The van der Waals surface area contributed by atoms with E-state index >= 15 is 0 Å². The van der Waals surface area contributed by atoms with Gasteiger partial charge < -0.3 is 9.73 Å². The van der Waals surface area contributed by atoms with Crippen LogP contribution in [-0.4, -0.2) is 15.8 Å². The number of aromatic nitrogens is 1. The number of carbonyl (C=O) groups excluding carboxylic acids is 1. The van der Waals surface area contributed by atoms with Crippen molar-refractivity contribution in [3.8, 4) is 11.3 Å². The van der Waals surface area contributed by atoms with Crippen LogP contribution in [0.15, 0.2) is 47.0 Å². The fourth-order valence-corrected chi connectivity index (χ4v) is 2.53. The molecule has 0 saturated heterocycles. The van der Waals surface area contributed by atoms with Crippen molar-refractivity contribution >= 4 is 17.3 Å². The molecule has 7 nitrogen and oxygen atoms in total. The van der Waals surface area contributed by atoms with Crippen LogP contribution in [0.3, 0.4) is 0 Å². The lowest BCUT2D eigenvalue weighted by Gasteiger charge is -2.07. The van der Waals surface area contributed by atoms with Crippen molar-refractivity contribution < 1.29 is 22.9 Å². The highest BCUT2D eigenvalue weighted by molar-refractivity contribution is 5.91. The SMILES string of the molecule is Cc1ccc([N+](=O)[O-])cc1NC(=O)CCc1ncc(-c2ccc(F)cc2F)o1. The summed E-state index contributed by atoms with van der Waals surface area (Å²) in [7, 11) is 0. The Labute approximate surface area is 158 Å². The largest absolute Gasteiger partial charge is 0.441 e. The number of nitrogens with one attached hydrogen (secondary N) is 1. The Morgan fingerprint density at radius 3 is 2.75 bits per heavy atom. The molecule has 1 heterocycles. The molecule has 0 bridgehead atoms. The van der Waals surface area contributed by atoms with Crippen molar-refractivity contribution in [2.45, 2.75) is 19.8 Å². The summed E-state index contributed by atoms with van der Waals surface area (Å²) < 4.78 is 32.2. The molecule has 0 unspecified atom stereocenters. The number of anilines is 1. The molecule has 1 N–H and O–H groups in total. The molecule has 3 aromatic rings. The molecule has 0 spiro atoms. The first kappa shape index (κ1) is 19.2. The minimum atomic E-state index is -0.776. The highest BCUT2D eigenvalue weighted by Crippen LogP contribution is 2.25. The van der Waals surface area contributed by atoms with Crippen LogP contribution in [0.5, 0.6) is 0 Å². The fraction of sp³-hybridized carbons (Fsp3) is 0.158. The number of benzene rings is 2. The molecule has 0 aliphatic carbocycles. The van der Waals surface area contributed by atoms with Crippen LogP contribution in [0.2, 0.25) is 0 Å². The second kappa shape index (κ2) is 7.95. The van der Waals surface area contributed by atoms with Gasteiger partial charge in [0.1, 0.15) is 11.6 Å². The minimum absolute atomic E-state index is 0.00792. The van der Waals surface area contributed by atoms with Crippen molar-refractivity contribution in [1.29, 1.82) is 0 Å². The predicted molar refractivity (Wildman–Crippen MR) is 96.6 cm³/mol. The number of rotatable bonds is 6. The summed E-state index contributed by atoms with van der Waals surface area (Å²) in [5.41, 5.74) is 0.973. The van der Waals surface area contributed by atoms with Crippen LogP contribution < -0.4 is 5.32 Å². The average Bonchev–Trinajstić information content (AvgIpc) is 3.10. The number of hydrogen-bond acceptors (Lipinski definition) is 5. The first-order chi connectivity index (χ1) is 13.3. The highest BCUT2D eigenvalue weighted by atomic mass is 19.1.